The highest BCUT2D eigenvalue weighted by molar-refractivity contribution is 7.12. The number of benzene rings is 2. The minimum absolute atomic E-state index is 0.0662. The van der Waals surface area contributed by atoms with Crippen LogP contribution in [-0.4, -0.2) is 78.9 Å². The van der Waals surface area contributed by atoms with E-state index in [1.165, 1.54) is 28.7 Å². The molecule has 50 heavy (non-hydrogen) atoms. The number of rotatable bonds is 16. The second-order valence-electron chi connectivity index (χ2n) is 12.9. The van der Waals surface area contributed by atoms with Gasteiger partial charge in [-0.25, -0.2) is 9.48 Å². The maximum Gasteiger partial charge on any atom is 0.347 e. The zero-order valence-electron chi connectivity index (χ0n) is 27.7. The number of amides is 1. The van der Waals surface area contributed by atoms with E-state index in [9.17, 15) is 30.0 Å². The van der Waals surface area contributed by atoms with Crippen LogP contribution in [0.4, 0.5) is 5.69 Å². The summed E-state index contributed by atoms with van der Waals surface area (Å²) in [6.07, 6.45) is 4.47. The number of carbonyl (C=O) groups is 2. The number of aromatic nitrogens is 3. The molecule has 12 nitrogen and oxygen atoms in total. The lowest BCUT2D eigenvalue weighted by atomic mass is 9.79. The molecule has 5 aromatic rings. The summed E-state index contributed by atoms with van der Waals surface area (Å²) in [6, 6.07) is 16.5. The Morgan fingerprint density at radius 1 is 1.12 bits per heavy atom. The van der Waals surface area contributed by atoms with Gasteiger partial charge in [0.05, 0.1) is 27.1 Å². The van der Waals surface area contributed by atoms with Gasteiger partial charge in [-0.2, -0.15) is 0 Å². The molecular weight excluding hydrogens is 677 g/mol. The van der Waals surface area contributed by atoms with Gasteiger partial charge in [0.25, 0.3) is 0 Å². The van der Waals surface area contributed by atoms with Crippen LogP contribution in [0.2, 0.25) is 0 Å². The SMILES string of the molecule is CN(CCCn1nnc2cc(CNC[C@H](O)c3ccc(O)c(NC=O)c3)ccc21)C1CCC(c2ccsc2C(O)(C(=O)O)c2cccs2)CC1. The van der Waals surface area contributed by atoms with Crippen LogP contribution < -0.4 is 10.6 Å². The fraction of sp³-hybridized carbons (Fsp3) is 0.389. The molecular formula is C36H42N6O6S2. The van der Waals surface area contributed by atoms with Gasteiger partial charge in [0, 0.05) is 25.7 Å². The fourth-order valence-corrected chi connectivity index (χ4v) is 8.89. The van der Waals surface area contributed by atoms with Crippen molar-refractivity contribution in [3.63, 3.8) is 0 Å². The number of hydrogen-bond donors (Lipinski definition) is 6. The van der Waals surface area contributed by atoms with Crippen LogP contribution in [0.3, 0.4) is 0 Å². The van der Waals surface area contributed by atoms with Gasteiger partial charge in [0.15, 0.2) is 0 Å². The molecule has 2 atom stereocenters. The molecule has 1 aliphatic rings. The molecule has 6 rings (SSSR count). The molecule has 2 aromatic carbocycles. The summed E-state index contributed by atoms with van der Waals surface area (Å²) in [5.41, 5.74) is 2.54. The number of anilines is 1. The van der Waals surface area contributed by atoms with E-state index in [4.69, 9.17) is 0 Å². The van der Waals surface area contributed by atoms with Crippen LogP contribution in [0.25, 0.3) is 11.0 Å². The normalized spacial score (nSPS) is 18.2. The largest absolute Gasteiger partial charge is 0.506 e. The predicted molar refractivity (Wildman–Crippen MR) is 194 cm³/mol. The molecule has 0 spiro atoms. The van der Waals surface area contributed by atoms with E-state index < -0.39 is 17.7 Å². The first-order chi connectivity index (χ1) is 24.2. The number of phenols is 1. The number of phenolic OH excluding ortho intramolecular Hbond substituents is 1. The number of aliphatic hydroxyl groups is 2. The zero-order chi connectivity index (χ0) is 35.3. The number of aromatic hydroxyl groups is 1. The monoisotopic (exact) mass is 718 g/mol. The summed E-state index contributed by atoms with van der Waals surface area (Å²) in [4.78, 5) is 26.5. The van der Waals surface area contributed by atoms with Crippen molar-refractivity contribution < 1.29 is 30.0 Å². The van der Waals surface area contributed by atoms with Crippen LogP contribution >= 0.6 is 22.7 Å². The van der Waals surface area contributed by atoms with Gasteiger partial charge in [-0.1, -0.05) is 23.4 Å². The number of carboxylic acids is 1. The third-order valence-electron chi connectivity index (χ3n) is 9.72. The van der Waals surface area contributed by atoms with Crippen molar-refractivity contribution in [2.75, 3.05) is 25.5 Å². The van der Waals surface area contributed by atoms with Crippen LogP contribution in [-0.2, 0) is 28.3 Å². The van der Waals surface area contributed by atoms with Crippen LogP contribution in [0.15, 0.2) is 65.4 Å². The standard InChI is InChI=1S/C36H42N6O6S2/c1-41(26-9-6-24(7-10-26)27-13-17-50-34(27)36(48,35(46)47)33-4-2-16-49-33)14-3-15-42-30-11-5-23(18-28(30)39-40-42)20-37-21-32(45)25-8-12-31(44)29(19-25)38-22-43/h2,4-5,8,11-13,16-19,22,24,26,32,37,44-45,48H,3,6-7,9-10,14-15,20-21H2,1H3,(H,38,43)(H,46,47)/t24?,26?,32-,36?/m0/s1. The van der Waals surface area contributed by atoms with Gasteiger partial charge in [0.2, 0.25) is 12.0 Å². The lowest BCUT2D eigenvalue weighted by Gasteiger charge is -2.35. The highest BCUT2D eigenvalue weighted by Gasteiger charge is 2.45. The first-order valence-corrected chi connectivity index (χ1v) is 18.5. The van der Waals surface area contributed by atoms with E-state index in [-0.39, 0.29) is 23.9 Å². The van der Waals surface area contributed by atoms with E-state index in [2.05, 4.69) is 32.9 Å². The minimum Gasteiger partial charge on any atom is -0.506 e. The molecule has 0 radical (unpaired) electrons. The van der Waals surface area contributed by atoms with Gasteiger partial charge < -0.3 is 36.0 Å². The molecule has 0 bridgehead atoms. The van der Waals surface area contributed by atoms with E-state index >= 15 is 0 Å². The Morgan fingerprint density at radius 3 is 2.68 bits per heavy atom. The van der Waals surface area contributed by atoms with Crippen molar-refractivity contribution in [2.45, 2.75) is 68.9 Å². The summed E-state index contributed by atoms with van der Waals surface area (Å²) >= 11 is 2.59. The number of fused-ring (bicyclic) bond motifs is 1. The zero-order valence-corrected chi connectivity index (χ0v) is 29.4. The molecule has 0 saturated heterocycles. The number of carboxylic acid groups (broad SMARTS) is 1. The number of carbonyl (C=O) groups excluding carboxylic acids is 1. The quantitative estimate of drug-likeness (QED) is 0.0601. The Balaban J connectivity index is 0.966. The summed E-state index contributed by atoms with van der Waals surface area (Å²) in [5, 5.41) is 60.0. The van der Waals surface area contributed by atoms with E-state index in [1.807, 2.05) is 34.3 Å². The molecule has 264 valence electrons. The highest BCUT2D eigenvalue weighted by Crippen LogP contribution is 2.44. The Kier molecular flexibility index (Phi) is 11.3. The van der Waals surface area contributed by atoms with Gasteiger partial charge in [-0.15, -0.1) is 27.8 Å². The minimum atomic E-state index is -2.02. The lowest BCUT2D eigenvalue weighted by Crippen LogP contribution is -2.38. The maximum absolute atomic E-state index is 12.3. The summed E-state index contributed by atoms with van der Waals surface area (Å²) < 4.78 is 1.94. The molecule has 14 heteroatoms. The number of aliphatic hydroxyl groups excluding tert-OH is 1. The highest BCUT2D eigenvalue weighted by atomic mass is 32.1. The van der Waals surface area contributed by atoms with Crippen molar-refractivity contribution in [3.8, 4) is 5.75 Å². The lowest BCUT2D eigenvalue weighted by molar-refractivity contribution is -0.154. The Bertz CT molecular complexity index is 1900. The summed E-state index contributed by atoms with van der Waals surface area (Å²) in [6.45, 7) is 2.45. The third-order valence-corrected chi connectivity index (χ3v) is 11.7. The predicted octanol–water partition coefficient (Wildman–Crippen LogP) is 5.02. The number of aryl methyl sites for hydroxylation is 1. The van der Waals surface area contributed by atoms with Crippen molar-refractivity contribution in [1.82, 2.24) is 25.2 Å². The van der Waals surface area contributed by atoms with Gasteiger partial charge in [-0.3, -0.25) is 4.79 Å². The molecule has 3 heterocycles. The maximum atomic E-state index is 12.3. The van der Waals surface area contributed by atoms with Crippen LogP contribution in [0.5, 0.6) is 5.75 Å². The first-order valence-electron chi connectivity index (χ1n) is 16.7. The third kappa shape index (κ3) is 7.60. The first kappa shape index (κ1) is 35.6. The van der Waals surface area contributed by atoms with E-state index in [0.717, 1.165) is 67.4 Å². The molecule has 1 amide bonds. The number of nitrogens with one attached hydrogen (secondary N) is 2. The number of thiophene rings is 2. The van der Waals surface area contributed by atoms with Gasteiger partial charge >= 0.3 is 5.97 Å². The average Bonchev–Trinajstić information content (AvgIpc) is 3.91. The molecule has 1 fully saturated rings. The Hall–Kier alpha value is -4.18. The molecule has 0 aliphatic heterocycles. The number of hydrogen-bond acceptors (Lipinski definition) is 11. The average molecular weight is 719 g/mol. The molecule has 1 saturated carbocycles. The van der Waals surface area contributed by atoms with Crippen molar-refractivity contribution in [3.05, 3.63) is 91.8 Å². The Morgan fingerprint density at radius 2 is 1.94 bits per heavy atom. The van der Waals surface area contributed by atoms with Gasteiger partial charge in [0.1, 0.15) is 11.3 Å². The second kappa shape index (κ2) is 15.8. The van der Waals surface area contributed by atoms with Crippen LogP contribution in [0, 0.1) is 0 Å². The Labute approximate surface area is 298 Å². The fourth-order valence-electron chi connectivity index (χ4n) is 6.92. The van der Waals surface area contributed by atoms with Crippen molar-refractivity contribution in [2.24, 2.45) is 0 Å². The van der Waals surface area contributed by atoms with Crippen LogP contribution in [0.1, 0.15) is 70.6 Å². The van der Waals surface area contributed by atoms with E-state index in [1.54, 1.807) is 29.6 Å². The molecule has 1 unspecified atom stereocenters. The molecule has 6 N–H and O–H groups in total. The molecule has 1 aliphatic carbocycles. The smallest absolute Gasteiger partial charge is 0.347 e. The summed E-state index contributed by atoms with van der Waals surface area (Å²) in [5.74, 6) is -1.08. The summed E-state index contributed by atoms with van der Waals surface area (Å²) in [7, 11) is 2.17. The number of aliphatic carboxylic acids is 1. The second-order valence-corrected chi connectivity index (χ2v) is 14.7. The number of nitrogens with zero attached hydrogens (tertiary/aromatic N) is 4. The van der Waals surface area contributed by atoms with Crippen molar-refractivity contribution >= 4 is 51.8 Å². The molecule has 3 aromatic heterocycles. The van der Waals surface area contributed by atoms with E-state index in [0.29, 0.717) is 34.3 Å². The topological polar surface area (TPSA) is 173 Å². The van der Waals surface area contributed by atoms with Gasteiger partial charge in [-0.05, 0) is 115 Å². The van der Waals surface area contributed by atoms with Crippen molar-refractivity contribution in [1.29, 1.82) is 0 Å².